The summed E-state index contributed by atoms with van der Waals surface area (Å²) in [6.45, 7) is 0. The lowest BCUT2D eigenvalue weighted by Crippen LogP contribution is -2.00. The van der Waals surface area contributed by atoms with Crippen molar-refractivity contribution in [3.63, 3.8) is 0 Å². The van der Waals surface area contributed by atoms with Gasteiger partial charge in [0.15, 0.2) is 0 Å². The standard InChI is InChI=1S/C17H11Cl2NO2S/c1-22-17(21)11-4-2-10(3-5-11)16-20-15(9-23-16)12-6-7-13(18)14(19)8-12/h2-9H,1H3. The molecule has 0 bridgehead atoms. The first kappa shape index (κ1) is 16.0. The summed E-state index contributed by atoms with van der Waals surface area (Å²) < 4.78 is 4.69. The van der Waals surface area contributed by atoms with Crippen molar-refractivity contribution in [2.45, 2.75) is 0 Å². The molecular formula is C17H11Cl2NO2S. The van der Waals surface area contributed by atoms with Crippen molar-refractivity contribution in [1.82, 2.24) is 4.98 Å². The summed E-state index contributed by atoms with van der Waals surface area (Å²) in [7, 11) is 1.36. The quantitative estimate of drug-likeness (QED) is 0.571. The highest BCUT2D eigenvalue weighted by Gasteiger charge is 2.10. The fourth-order valence-corrected chi connectivity index (χ4v) is 3.19. The molecular weight excluding hydrogens is 353 g/mol. The van der Waals surface area contributed by atoms with Crippen LogP contribution in [0, 0.1) is 0 Å². The van der Waals surface area contributed by atoms with Crippen LogP contribution in [0.15, 0.2) is 47.8 Å². The summed E-state index contributed by atoms with van der Waals surface area (Å²) in [4.78, 5) is 16.1. The number of esters is 1. The highest BCUT2D eigenvalue weighted by molar-refractivity contribution is 7.13. The second-order valence-electron chi connectivity index (χ2n) is 4.74. The van der Waals surface area contributed by atoms with Crippen LogP contribution in [-0.4, -0.2) is 18.1 Å². The zero-order chi connectivity index (χ0) is 16.4. The minimum Gasteiger partial charge on any atom is -0.465 e. The second-order valence-corrected chi connectivity index (χ2v) is 6.41. The number of aromatic nitrogens is 1. The van der Waals surface area contributed by atoms with Crippen LogP contribution in [-0.2, 0) is 4.74 Å². The van der Waals surface area contributed by atoms with Crippen molar-refractivity contribution in [2.75, 3.05) is 7.11 Å². The summed E-state index contributed by atoms with van der Waals surface area (Å²) in [5, 5.41) is 3.84. The smallest absolute Gasteiger partial charge is 0.337 e. The summed E-state index contributed by atoms with van der Waals surface area (Å²) >= 11 is 13.5. The molecule has 0 radical (unpaired) electrons. The molecule has 23 heavy (non-hydrogen) atoms. The molecule has 6 heteroatoms. The van der Waals surface area contributed by atoms with E-state index in [4.69, 9.17) is 23.2 Å². The molecule has 0 saturated carbocycles. The molecule has 3 rings (SSSR count). The van der Waals surface area contributed by atoms with Gasteiger partial charge in [-0.1, -0.05) is 41.4 Å². The minimum atomic E-state index is -0.354. The number of carbonyl (C=O) groups is 1. The van der Waals surface area contributed by atoms with E-state index in [1.807, 2.05) is 23.6 Å². The molecule has 1 heterocycles. The van der Waals surface area contributed by atoms with Crippen LogP contribution < -0.4 is 0 Å². The average Bonchev–Trinajstić information content (AvgIpc) is 3.07. The highest BCUT2D eigenvalue weighted by Crippen LogP contribution is 2.32. The number of ether oxygens (including phenoxy) is 1. The Morgan fingerprint density at radius 3 is 2.39 bits per heavy atom. The molecule has 2 aromatic carbocycles. The van der Waals surface area contributed by atoms with Crippen molar-refractivity contribution in [3.05, 3.63) is 63.5 Å². The topological polar surface area (TPSA) is 39.2 Å². The predicted octanol–water partition coefficient (Wildman–Crippen LogP) is 5.57. The molecule has 0 fully saturated rings. The Morgan fingerprint density at radius 1 is 1.04 bits per heavy atom. The molecule has 0 aliphatic carbocycles. The van der Waals surface area contributed by atoms with Gasteiger partial charge in [-0.15, -0.1) is 11.3 Å². The van der Waals surface area contributed by atoms with Gasteiger partial charge in [-0.2, -0.15) is 0 Å². The van der Waals surface area contributed by atoms with Gasteiger partial charge in [0.2, 0.25) is 0 Å². The van der Waals surface area contributed by atoms with Crippen LogP contribution >= 0.6 is 34.5 Å². The van der Waals surface area contributed by atoms with E-state index < -0.39 is 0 Å². The summed E-state index contributed by atoms with van der Waals surface area (Å²) in [6, 6.07) is 12.6. The monoisotopic (exact) mass is 363 g/mol. The molecule has 3 nitrogen and oxygen atoms in total. The number of thiazole rings is 1. The Bertz CT molecular complexity index is 859. The maximum absolute atomic E-state index is 11.5. The van der Waals surface area contributed by atoms with Crippen LogP contribution in [0.2, 0.25) is 10.0 Å². The molecule has 0 spiro atoms. The number of methoxy groups -OCH3 is 1. The number of hydrogen-bond donors (Lipinski definition) is 0. The molecule has 0 amide bonds. The van der Waals surface area contributed by atoms with Crippen LogP contribution in [0.25, 0.3) is 21.8 Å². The number of halogens is 2. The van der Waals surface area contributed by atoms with E-state index in [1.165, 1.54) is 18.4 Å². The third-order valence-electron chi connectivity index (χ3n) is 3.27. The fourth-order valence-electron chi connectivity index (χ4n) is 2.06. The van der Waals surface area contributed by atoms with E-state index in [2.05, 4.69) is 9.72 Å². The van der Waals surface area contributed by atoms with E-state index in [9.17, 15) is 4.79 Å². The zero-order valence-corrected chi connectivity index (χ0v) is 14.4. The maximum atomic E-state index is 11.5. The van der Waals surface area contributed by atoms with Crippen molar-refractivity contribution in [2.24, 2.45) is 0 Å². The van der Waals surface area contributed by atoms with Gasteiger partial charge in [-0.25, -0.2) is 9.78 Å². The van der Waals surface area contributed by atoms with Crippen molar-refractivity contribution in [3.8, 4) is 21.8 Å². The molecule has 0 unspecified atom stereocenters. The number of benzene rings is 2. The number of hydrogen-bond acceptors (Lipinski definition) is 4. The van der Waals surface area contributed by atoms with Crippen molar-refractivity contribution < 1.29 is 9.53 Å². The van der Waals surface area contributed by atoms with Crippen molar-refractivity contribution >= 4 is 40.5 Å². The number of carbonyl (C=O) groups excluding carboxylic acids is 1. The first-order valence-electron chi connectivity index (χ1n) is 6.68. The maximum Gasteiger partial charge on any atom is 0.337 e. The normalized spacial score (nSPS) is 10.6. The molecule has 0 saturated heterocycles. The zero-order valence-electron chi connectivity index (χ0n) is 12.0. The third-order valence-corrected chi connectivity index (χ3v) is 4.90. The van der Waals surface area contributed by atoms with Crippen LogP contribution in [0.4, 0.5) is 0 Å². The van der Waals surface area contributed by atoms with E-state index in [-0.39, 0.29) is 5.97 Å². The number of nitrogens with zero attached hydrogens (tertiary/aromatic N) is 1. The first-order chi connectivity index (χ1) is 11.1. The van der Waals surface area contributed by atoms with Gasteiger partial charge in [0.05, 0.1) is 28.4 Å². The van der Waals surface area contributed by atoms with Gasteiger partial charge in [-0.05, 0) is 24.3 Å². The summed E-state index contributed by atoms with van der Waals surface area (Å²) in [6.07, 6.45) is 0. The highest BCUT2D eigenvalue weighted by atomic mass is 35.5. The molecule has 116 valence electrons. The van der Waals surface area contributed by atoms with Gasteiger partial charge in [0.1, 0.15) is 5.01 Å². The van der Waals surface area contributed by atoms with E-state index in [1.54, 1.807) is 24.3 Å². The Balaban J connectivity index is 1.89. The van der Waals surface area contributed by atoms with Gasteiger partial charge in [0.25, 0.3) is 0 Å². The first-order valence-corrected chi connectivity index (χ1v) is 8.32. The van der Waals surface area contributed by atoms with E-state index >= 15 is 0 Å². The Morgan fingerprint density at radius 2 is 1.74 bits per heavy atom. The second kappa shape index (κ2) is 6.71. The molecule has 0 atom stereocenters. The molecule has 0 aliphatic rings. The molecule has 1 aromatic heterocycles. The SMILES string of the molecule is COC(=O)c1ccc(-c2nc(-c3ccc(Cl)c(Cl)c3)cs2)cc1. The Hall–Kier alpha value is -1.88. The van der Waals surface area contributed by atoms with Gasteiger partial charge >= 0.3 is 5.97 Å². The van der Waals surface area contributed by atoms with E-state index in [0.29, 0.717) is 15.6 Å². The average molecular weight is 364 g/mol. The molecule has 0 aliphatic heterocycles. The van der Waals surface area contributed by atoms with Crippen LogP contribution in [0.3, 0.4) is 0 Å². The largest absolute Gasteiger partial charge is 0.465 e. The summed E-state index contributed by atoms with van der Waals surface area (Å²) in [5.41, 5.74) is 3.19. The minimum absolute atomic E-state index is 0.354. The predicted molar refractivity (Wildman–Crippen MR) is 94.3 cm³/mol. The molecule has 3 aromatic rings. The van der Waals surface area contributed by atoms with Crippen LogP contribution in [0.1, 0.15) is 10.4 Å². The van der Waals surface area contributed by atoms with Gasteiger partial charge in [-0.3, -0.25) is 0 Å². The van der Waals surface area contributed by atoms with Gasteiger partial charge < -0.3 is 4.74 Å². The Labute approximate surface area is 147 Å². The van der Waals surface area contributed by atoms with Crippen molar-refractivity contribution in [1.29, 1.82) is 0 Å². The number of rotatable bonds is 3. The van der Waals surface area contributed by atoms with E-state index in [0.717, 1.165) is 21.8 Å². The van der Waals surface area contributed by atoms with Crippen LogP contribution in [0.5, 0.6) is 0 Å². The molecule has 0 N–H and O–H groups in total. The fraction of sp³-hybridized carbons (Fsp3) is 0.0588. The Kier molecular flexibility index (Phi) is 4.66. The third kappa shape index (κ3) is 3.39. The lowest BCUT2D eigenvalue weighted by Gasteiger charge is -2.01. The summed E-state index contributed by atoms with van der Waals surface area (Å²) in [5.74, 6) is -0.354. The lowest BCUT2D eigenvalue weighted by atomic mass is 10.1. The van der Waals surface area contributed by atoms with Gasteiger partial charge in [0, 0.05) is 16.5 Å². The lowest BCUT2D eigenvalue weighted by molar-refractivity contribution is 0.0601.